The smallest absolute Gasteiger partial charge is 0.407 e. The number of carbonyl (C=O) groups is 2. The summed E-state index contributed by atoms with van der Waals surface area (Å²) >= 11 is 0. The number of rotatable bonds is 14. The Morgan fingerprint density at radius 2 is 1.94 bits per heavy atom. The average Bonchev–Trinajstić information content (AvgIpc) is 3.27. The van der Waals surface area contributed by atoms with Crippen LogP contribution in [0.5, 0.6) is 0 Å². The Balaban J connectivity index is 1.79. The molecule has 0 spiro atoms. The fourth-order valence-corrected chi connectivity index (χ4v) is 3.20. The summed E-state index contributed by atoms with van der Waals surface area (Å²) in [6.45, 7) is 5.52. The Kier molecular flexibility index (Phi) is 11.4. The molecule has 1 amide bonds. The van der Waals surface area contributed by atoms with Gasteiger partial charge in [0.25, 0.3) is 0 Å². The molecule has 1 aromatic carbocycles. The molecule has 182 valence electrons. The average molecular weight is 461 g/mol. The molecule has 0 aliphatic rings. The van der Waals surface area contributed by atoms with E-state index in [9.17, 15) is 14.7 Å². The highest BCUT2D eigenvalue weighted by molar-refractivity contribution is 5.76. The van der Waals surface area contributed by atoms with E-state index in [4.69, 9.17) is 9.47 Å². The van der Waals surface area contributed by atoms with Crippen molar-refractivity contribution >= 4 is 12.1 Å². The maximum Gasteiger partial charge on any atom is 0.407 e. The minimum Gasteiger partial charge on any atom is -0.468 e. The molecule has 3 N–H and O–H groups in total. The van der Waals surface area contributed by atoms with Gasteiger partial charge in [-0.15, -0.1) is 0 Å². The van der Waals surface area contributed by atoms with Gasteiger partial charge in [-0.1, -0.05) is 44.2 Å². The number of nitrogens with one attached hydrogen (secondary N) is 2. The summed E-state index contributed by atoms with van der Waals surface area (Å²) in [6.07, 6.45) is 4.97. The highest BCUT2D eigenvalue weighted by Crippen LogP contribution is 2.07. The topological polar surface area (TPSA) is 115 Å². The molecule has 9 heteroatoms. The number of hydrogen-bond acceptors (Lipinski definition) is 7. The first kappa shape index (κ1) is 26.3. The highest BCUT2D eigenvalue weighted by Gasteiger charge is 2.21. The molecule has 0 unspecified atom stereocenters. The van der Waals surface area contributed by atoms with E-state index in [0.29, 0.717) is 25.3 Å². The number of amides is 1. The SMILES string of the molecule is COC(=O)[C@H](Cc1cn(CCC(C)C)cn1)NCC[C@@H](CO)NC(=O)OCc1ccccc1. The van der Waals surface area contributed by atoms with Crippen LogP contribution in [0.4, 0.5) is 4.79 Å². The lowest BCUT2D eigenvalue weighted by Crippen LogP contribution is -2.44. The first-order valence-electron chi connectivity index (χ1n) is 11.3. The number of benzene rings is 1. The third-order valence-corrected chi connectivity index (χ3v) is 5.19. The number of aryl methyl sites for hydroxylation is 1. The molecule has 0 aliphatic carbocycles. The number of imidazole rings is 1. The van der Waals surface area contributed by atoms with Gasteiger partial charge in [-0.05, 0) is 30.9 Å². The quantitative estimate of drug-likeness (QED) is 0.371. The number of hydrogen-bond donors (Lipinski definition) is 3. The Morgan fingerprint density at radius 3 is 2.61 bits per heavy atom. The number of aliphatic hydroxyl groups excluding tert-OH is 1. The van der Waals surface area contributed by atoms with E-state index >= 15 is 0 Å². The Hall–Kier alpha value is -2.91. The predicted molar refractivity (Wildman–Crippen MR) is 124 cm³/mol. The Labute approximate surface area is 195 Å². The van der Waals surface area contributed by atoms with Gasteiger partial charge < -0.3 is 29.8 Å². The van der Waals surface area contributed by atoms with E-state index < -0.39 is 18.2 Å². The maximum absolute atomic E-state index is 12.2. The number of nitrogens with zero attached hydrogens (tertiary/aromatic N) is 2. The second-order valence-electron chi connectivity index (χ2n) is 8.39. The minimum atomic E-state index is -0.602. The Morgan fingerprint density at radius 1 is 1.18 bits per heavy atom. The third kappa shape index (κ3) is 10.0. The third-order valence-electron chi connectivity index (χ3n) is 5.19. The molecule has 0 bridgehead atoms. The van der Waals surface area contributed by atoms with Crippen LogP contribution in [0.1, 0.15) is 37.9 Å². The first-order chi connectivity index (χ1) is 15.9. The van der Waals surface area contributed by atoms with Crippen molar-refractivity contribution in [2.45, 2.75) is 58.3 Å². The fourth-order valence-electron chi connectivity index (χ4n) is 3.20. The van der Waals surface area contributed by atoms with Crippen LogP contribution in [0.2, 0.25) is 0 Å². The largest absolute Gasteiger partial charge is 0.468 e. The van der Waals surface area contributed by atoms with Gasteiger partial charge in [-0.25, -0.2) is 9.78 Å². The van der Waals surface area contributed by atoms with Gasteiger partial charge in [-0.2, -0.15) is 0 Å². The predicted octanol–water partition coefficient (Wildman–Crippen LogP) is 2.28. The number of aromatic nitrogens is 2. The number of methoxy groups -OCH3 is 1. The lowest BCUT2D eigenvalue weighted by Gasteiger charge is -2.19. The number of aliphatic hydroxyl groups is 1. The van der Waals surface area contributed by atoms with Crippen molar-refractivity contribution < 1.29 is 24.2 Å². The normalized spacial score (nSPS) is 12.9. The molecular weight excluding hydrogens is 424 g/mol. The monoisotopic (exact) mass is 460 g/mol. The highest BCUT2D eigenvalue weighted by atomic mass is 16.5. The van der Waals surface area contributed by atoms with E-state index in [1.807, 2.05) is 41.1 Å². The molecular formula is C24H36N4O5. The van der Waals surface area contributed by atoms with Crippen molar-refractivity contribution in [2.24, 2.45) is 5.92 Å². The summed E-state index contributed by atoms with van der Waals surface area (Å²) in [4.78, 5) is 28.6. The number of alkyl carbamates (subject to hydrolysis) is 1. The van der Waals surface area contributed by atoms with Crippen molar-refractivity contribution in [3.63, 3.8) is 0 Å². The summed E-state index contributed by atoms with van der Waals surface area (Å²) in [5.41, 5.74) is 1.67. The second kappa shape index (κ2) is 14.3. The number of ether oxygens (including phenoxy) is 2. The van der Waals surface area contributed by atoms with Crippen LogP contribution in [-0.2, 0) is 33.8 Å². The molecule has 0 aliphatic heterocycles. The van der Waals surface area contributed by atoms with Crippen molar-refractivity contribution in [1.82, 2.24) is 20.2 Å². The van der Waals surface area contributed by atoms with Gasteiger partial charge in [0.2, 0.25) is 0 Å². The van der Waals surface area contributed by atoms with Gasteiger partial charge in [0.1, 0.15) is 12.6 Å². The number of esters is 1. The van der Waals surface area contributed by atoms with Gasteiger partial charge in [0.05, 0.1) is 31.8 Å². The minimum absolute atomic E-state index is 0.150. The van der Waals surface area contributed by atoms with Crippen LogP contribution in [-0.4, -0.2) is 59.1 Å². The van der Waals surface area contributed by atoms with Crippen molar-refractivity contribution in [1.29, 1.82) is 0 Å². The van der Waals surface area contributed by atoms with E-state index in [1.165, 1.54) is 7.11 Å². The zero-order valence-electron chi connectivity index (χ0n) is 19.7. The van der Waals surface area contributed by atoms with Crippen LogP contribution in [0.15, 0.2) is 42.9 Å². The second-order valence-corrected chi connectivity index (χ2v) is 8.39. The van der Waals surface area contributed by atoms with E-state index in [2.05, 4.69) is 29.5 Å². The standard InChI is InChI=1S/C24H36N4O5/c1-18(2)10-12-28-14-21(26-17-28)13-22(23(30)32-3)25-11-9-20(15-29)27-24(31)33-16-19-7-5-4-6-8-19/h4-8,14,17-18,20,22,25,29H,9-13,15-16H2,1-3H3,(H,27,31)/t20-,22-/m0/s1. The molecule has 2 aromatic rings. The van der Waals surface area contributed by atoms with Crippen LogP contribution >= 0.6 is 0 Å². The van der Waals surface area contributed by atoms with Gasteiger partial charge in [0, 0.05) is 19.2 Å². The fraction of sp³-hybridized carbons (Fsp3) is 0.542. The lowest BCUT2D eigenvalue weighted by molar-refractivity contribution is -0.143. The summed E-state index contributed by atoms with van der Waals surface area (Å²) in [6, 6.07) is 8.27. The number of carbonyl (C=O) groups excluding carboxylic acids is 2. The zero-order valence-corrected chi connectivity index (χ0v) is 19.7. The molecule has 33 heavy (non-hydrogen) atoms. The van der Waals surface area contributed by atoms with E-state index in [-0.39, 0.29) is 19.2 Å². The Bertz CT molecular complexity index is 840. The molecule has 2 rings (SSSR count). The molecule has 0 saturated carbocycles. The molecule has 0 saturated heterocycles. The van der Waals surface area contributed by atoms with Crippen LogP contribution in [0, 0.1) is 5.92 Å². The maximum atomic E-state index is 12.2. The van der Waals surface area contributed by atoms with Gasteiger partial charge >= 0.3 is 12.1 Å². The molecule has 1 aromatic heterocycles. The lowest BCUT2D eigenvalue weighted by atomic mass is 10.1. The molecule has 9 nitrogen and oxygen atoms in total. The first-order valence-corrected chi connectivity index (χ1v) is 11.3. The molecule has 1 heterocycles. The zero-order chi connectivity index (χ0) is 24.1. The summed E-state index contributed by atoms with van der Waals surface area (Å²) in [5.74, 6) is 0.214. The summed E-state index contributed by atoms with van der Waals surface area (Å²) in [7, 11) is 1.35. The molecule has 0 fully saturated rings. The summed E-state index contributed by atoms with van der Waals surface area (Å²) < 4.78 is 12.1. The van der Waals surface area contributed by atoms with E-state index in [1.54, 1.807) is 6.33 Å². The van der Waals surface area contributed by atoms with Crippen LogP contribution in [0.3, 0.4) is 0 Å². The van der Waals surface area contributed by atoms with Crippen LogP contribution in [0.25, 0.3) is 0 Å². The summed E-state index contributed by atoms with van der Waals surface area (Å²) in [5, 5.41) is 15.4. The van der Waals surface area contributed by atoms with Crippen molar-refractivity contribution in [3.05, 3.63) is 54.1 Å². The van der Waals surface area contributed by atoms with Crippen molar-refractivity contribution in [3.8, 4) is 0 Å². The van der Waals surface area contributed by atoms with E-state index in [0.717, 1.165) is 24.2 Å². The molecule has 2 atom stereocenters. The van der Waals surface area contributed by atoms with Gasteiger partial charge in [-0.3, -0.25) is 4.79 Å². The van der Waals surface area contributed by atoms with Gasteiger partial charge in [0.15, 0.2) is 0 Å². The van der Waals surface area contributed by atoms with Crippen molar-refractivity contribution in [2.75, 3.05) is 20.3 Å². The molecule has 0 radical (unpaired) electrons. The van der Waals surface area contributed by atoms with Crippen LogP contribution < -0.4 is 10.6 Å².